The van der Waals surface area contributed by atoms with Crippen molar-refractivity contribution in [2.45, 2.75) is 64.9 Å². The average Bonchev–Trinajstić information content (AvgIpc) is 2.59. The molecule has 1 aromatic rings. The molecule has 0 aromatic carbocycles. The van der Waals surface area contributed by atoms with Crippen LogP contribution in [0.25, 0.3) is 0 Å². The second-order valence-electron chi connectivity index (χ2n) is 5.66. The molecule has 2 nitrogen and oxygen atoms in total. The molecule has 1 heterocycles. The minimum absolute atomic E-state index is 0.0605. The predicted molar refractivity (Wildman–Crippen MR) is 72.6 cm³/mol. The Kier molecular flexibility index (Phi) is 4.21. The summed E-state index contributed by atoms with van der Waals surface area (Å²) in [7, 11) is 0. The van der Waals surface area contributed by atoms with Crippen LogP contribution in [0.4, 0.5) is 0 Å². The Morgan fingerprint density at radius 3 is 2.53 bits per heavy atom. The smallest absolute Gasteiger partial charge is 0.0933 e. The summed E-state index contributed by atoms with van der Waals surface area (Å²) in [6.45, 7) is 6.63. The second kappa shape index (κ2) is 5.49. The molecule has 0 unspecified atom stereocenters. The van der Waals surface area contributed by atoms with Crippen LogP contribution in [-0.2, 0) is 6.42 Å². The first-order valence-electron chi connectivity index (χ1n) is 6.70. The van der Waals surface area contributed by atoms with E-state index in [2.05, 4.69) is 20.8 Å². The minimum Gasteiger partial charge on any atom is -0.393 e. The molecular formula is C14H23NOS. The van der Waals surface area contributed by atoms with Gasteiger partial charge < -0.3 is 5.11 Å². The number of hydrogen-bond donors (Lipinski definition) is 1. The number of thiazole rings is 1. The molecule has 1 aromatic heterocycles. The van der Waals surface area contributed by atoms with Crippen molar-refractivity contribution < 1.29 is 5.11 Å². The van der Waals surface area contributed by atoms with Crippen LogP contribution in [-0.4, -0.2) is 16.2 Å². The van der Waals surface area contributed by atoms with Crippen LogP contribution in [0.3, 0.4) is 0 Å². The first kappa shape index (κ1) is 13.0. The van der Waals surface area contributed by atoms with Gasteiger partial charge in [0.2, 0.25) is 0 Å². The molecule has 0 saturated heterocycles. The zero-order valence-electron chi connectivity index (χ0n) is 11.1. The second-order valence-corrected chi connectivity index (χ2v) is 6.78. The van der Waals surface area contributed by atoms with Gasteiger partial charge in [-0.15, -0.1) is 11.3 Å². The Morgan fingerprint density at radius 1 is 1.29 bits per heavy atom. The van der Waals surface area contributed by atoms with Crippen LogP contribution in [0, 0.1) is 12.8 Å². The molecule has 0 radical (unpaired) electrons. The molecule has 96 valence electrons. The maximum Gasteiger partial charge on any atom is 0.0933 e. The van der Waals surface area contributed by atoms with Gasteiger partial charge in [-0.1, -0.05) is 13.8 Å². The van der Waals surface area contributed by atoms with Crippen LogP contribution in [0.2, 0.25) is 0 Å². The SMILES string of the molecule is Cc1nc(CC(C)C)sc1C1CCC(O)CC1. The number of aromatic nitrogens is 1. The summed E-state index contributed by atoms with van der Waals surface area (Å²) in [5.74, 6) is 1.33. The van der Waals surface area contributed by atoms with E-state index in [1.54, 1.807) is 0 Å². The van der Waals surface area contributed by atoms with Crippen molar-refractivity contribution in [1.29, 1.82) is 0 Å². The molecule has 3 heteroatoms. The summed E-state index contributed by atoms with van der Waals surface area (Å²) in [6.07, 6.45) is 5.22. The van der Waals surface area contributed by atoms with E-state index in [0.717, 1.165) is 32.1 Å². The van der Waals surface area contributed by atoms with Crippen molar-refractivity contribution in [2.75, 3.05) is 0 Å². The molecule has 0 bridgehead atoms. The van der Waals surface area contributed by atoms with E-state index in [9.17, 15) is 5.11 Å². The minimum atomic E-state index is -0.0605. The number of aliphatic hydroxyl groups is 1. The lowest BCUT2D eigenvalue weighted by atomic mass is 9.86. The molecular weight excluding hydrogens is 230 g/mol. The largest absolute Gasteiger partial charge is 0.393 e. The van der Waals surface area contributed by atoms with Gasteiger partial charge in [0, 0.05) is 11.3 Å². The summed E-state index contributed by atoms with van der Waals surface area (Å²) in [6, 6.07) is 0. The molecule has 17 heavy (non-hydrogen) atoms. The standard InChI is InChI=1S/C14H23NOS/c1-9(2)8-13-15-10(3)14(17-13)11-4-6-12(16)7-5-11/h9,11-12,16H,4-8H2,1-3H3. The summed E-state index contributed by atoms with van der Waals surface area (Å²) in [5, 5.41) is 10.8. The van der Waals surface area contributed by atoms with E-state index in [0.29, 0.717) is 11.8 Å². The van der Waals surface area contributed by atoms with Gasteiger partial charge in [-0.25, -0.2) is 4.98 Å². The van der Waals surface area contributed by atoms with E-state index in [1.807, 2.05) is 11.3 Å². The topological polar surface area (TPSA) is 33.1 Å². The number of rotatable bonds is 3. The highest BCUT2D eigenvalue weighted by Gasteiger charge is 2.24. The predicted octanol–water partition coefficient (Wildman–Crippen LogP) is 3.67. The van der Waals surface area contributed by atoms with Crippen LogP contribution in [0.15, 0.2) is 0 Å². The van der Waals surface area contributed by atoms with Crippen molar-refractivity contribution in [2.24, 2.45) is 5.92 Å². The summed E-state index contributed by atoms with van der Waals surface area (Å²) in [5.41, 5.74) is 1.23. The highest BCUT2D eigenvalue weighted by Crippen LogP contribution is 2.37. The van der Waals surface area contributed by atoms with Gasteiger partial charge in [0.05, 0.1) is 16.8 Å². The van der Waals surface area contributed by atoms with Gasteiger partial charge in [0.1, 0.15) is 0 Å². The van der Waals surface area contributed by atoms with E-state index >= 15 is 0 Å². The lowest BCUT2D eigenvalue weighted by Gasteiger charge is -2.24. The third kappa shape index (κ3) is 3.29. The number of nitrogens with zero attached hydrogens (tertiary/aromatic N) is 1. The molecule has 1 fully saturated rings. The van der Waals surface area contributed by atoms with Gasteiger partial charge in [-0.05, 0) is 44.4 Å². The van der Waals surface area contributed by atoms with Crippen molar-refractivity contribution >= 4 is 11.3 Å². The van der Waals surface area contributed by atoms with Crippen LogP contribution < -0.4 is 0 Å². The quantitative estimate of drug-likeness (QED) is 0.891. The van der Waals surface area contributed by atoms with Crippen LogP contribution in [0.5, 0.6) is 0 Å². The maximum absolute atomic E-state index is 9.56. The maximum atomic E-state index is 9.56. The third-order valence-electron chi connectivity index (χ3n) is 3.53. The monoisotopic (exact) mass is 253 g/mol. The highest BCUT2D eigenvalue weighted by atomic mass is 32.1. The molecule has 1 aliphatic rings. The van der Waals surface area contributed by atoms with E-state index in [1.165, 1.54) is 15.6 Å². The van der Waals surface area contributed by atoms with Gasteiger partial charge in [0.25, 0.3) is 0 Å². The van der Waals surface area contributed by atoms with E-state index < -0.39 is 0 Å². The molecule has 0 atom stereocenters. The van der Waals surface area contributed by atoms with Gasteiger partial charge >= 0.3 is 0 Å². The van der Waals surface area contributed by atoms with Crippen molar-refractivity contribution in [1.82, 2.24) is 4.98 Å². The lowest BCUT2D eigenvalue weighted by molar-refractivity contribution is 0.123. The Hall–Kier alpha value is -0.410. The third-order valence-corrected chi connectivity index (χ3v) is 4.87. The lowest BCUT2D eigenvalue weighted by Crippen LogP contribution is -2.16. The Morgan fingerprint density at radius 2 is 1.94 bits per heavy atom. The van der Waals surface area contributed by atoms with Gasteiger partial charge in [-0.2, -0.15) is 0 Å². The number of hydrogen-bond acceptors (Lipinski definition) is 3. The molecule has 0 amide bonds. The number of aliphatic hydroxyl groups excluding tert-OH is 1. The van der Waals surface area contributed by atoms with Crippen LogP contribution >= 0.6 is 11.3 Å². The molecule has 0 spiro atoms. The fraction of sp³-hybridized carbons (Fsp3) is 0.786. The zero-order chi connectivity index (χ0) is 12.4. The Bertz CT molecular complexity index is 364. The average molecular weight is 253 g/mol. The van der Waals surface area contributed by atoms with Crippen LogP contribution in [0.1, 0.15) is 61.0 Å². The number of aryl methyl sites for hydroxylation is 1. The first-order chi connectivity index (χ1) is 8.06. The van der Waals surface area contributed by atoms with Crippen molar-refractivity contribution in [3.63, 3.8) is 0 Å². The Labute approximate surface area is 108 Å². The molecule has 0 aliphatic heterocycles. The highest BCUT2D eigenvalue weighted by molar-refractivity contribution is 7.11. The molecule has 1 saturated carbocycles. The first-order valence-corrected chi connectivity index (χ1v) is 7.52. The van der Waals surface area contributed by atoms with Gasteiger partial charge in [-0.3, -0.25) is 0 Å². The molecule has 1 N–H and O–H groups in total. The fourth-order valence-electron chi connectivity index (χ4n) is 2.62. The summed E-state index contributed by atoms with van der Waals surface area (Å²) in [4.78, 5) is 6.18. The van der Waals surface area contributed by atoms with Crippen molar-refractivity contribution in [3.8, 4) is 0 Å². The van der Waals surface area contributed by atoms with E-state index in [4.69, 9.17) is 4.98 Å². The molecule has 2 rings (SSSR count). The Balaban J connectivity index is 2.07. The summed E-state index contributed by atoms with van der Waals surface area (Å²) < 4.78 is 0. The van der Waals surface area contributed by atoms with Crippen molar-refractivity contribution in [3.05, 3.63) is 15.6 Å². The van der Waals surface area contributed by atoms with E-state index in [-0.39, 0.29) is 6.10 Å². The van der Waals surface area contributed by atoms with Gasteiger partial charge in [0.15, 0.2) is 0 Å². The molecule has 1 aliphatic carbocycles. The zero-order valence-corrected chi connectivity index (χ0v) is 11.9. The fourth-order valence-corrected chi connectivity index (χ4v) is 4.07. The summed E-state index contributed by atoms with van der Waals surface area (Å²) >= 11 is 1.90. The normalized spacial score (nSPS) is 25.5.